The van der Waals surface area contributed by atoms with Crippen LogP contribution in [0.3, 0.4) is 0 Å². The molecule has 1 fully saturated rings. The van der Waals surface area contributed by atoms with Crippen molar-refractivity contribution < 1.29 is 38.2 Å². The number of esters is 2. The number of hydrogen-bond acceptors (Lipinski definition) is 9. The molecule has 11 nitrogen and oxygen atoms in total. The molecule has 1 aliphatic rings. The lowest BCUT2D eigenvalue weighted by molar-refractivity contribution is -0.142. The topological polar surface area (TPSA) is 148 Å². The van der Waals surface area contributed by atoms with E-state index in [-0.39, 0.29) is 5.84 Å². The van der Waals surface area contributed by atoms with Crippen molar-refractivity contribution in [2.75, 3.05) is 27.4 Å². The maximum absolute atomic E-state index is 12.2. The predicted molar refractivity (Wildman–Crippen MR) is 97.0 cm³/mol. The Balaban J connectivity index is 3.06. The van der Waals surface area contributed by atoms with Crippen molar-refractivity contribution in [3.8, 4) is 0 Å². The Labute approximate surface area is 163 Å². The molecule has 1 saturated heterocycles. The van der Waals surface area contributed by atoms with Crippen LogP contribution >= 0.6 is 0 Å². The van der Waals surface area contributed by atoms with Crippen LogP contribution in [0.2, 0.25) is 0 Å². The standard InChI is InChI=1S/C17H27N3O8/c1-16(2,3)27-15(23)19-17(6-8-26-9-7-17)14(18)20-28-11(13(22)25-5)10-12(21)24-4/h10H,6-9H2,1-5H3,(H2,18,20)(H,19,23)/b11-10+. The molecule has 1 amide bonds. The van der Waals surface area contributed by atoms with E-state index >= 15 is 0 Å². The zero-order valence-corrected chi connectivity index (χ0v) is 16.7. The van der Waals surface area contributed by atoms with Crippen LogP contribution in [0.1, 0.15) is 33.6 Å². The molecule has 1 aliphatic heterocycles. The molecule has 0 saturated carbocycles. The van der Waals surface area contributed by atoms with Crippen LogP contribution in [0.5, 0.6) is 0 Å². The molecule has 0 aromatic rings. The summed E-state index contributed by atoms with van der Waals surface area (Å²) in [6.45, 7) is 5.81. The van der Waals surface area contributed by atoms with Crippen molar-refractivity contribution in [2.45, 2.75) is 44.8 Å². The zero-order valence-electron chi connectivity index (χ0n) is 16.7. The fourth-order valence-corrected chi connectivity index (χ4v) is 2.24. The van der Waals surface area contributed by atoms with Crippen LogP contribution in [-0.2, 0) is 33.4 Å². The summed E-state index contributed by atoms with van der Waals surface area (Å²) in [6.07, 6.45) is 0.685. The van der Waals surface area contributed by atoms with E-state index in [1.807, 2.05) is 0 Å². The first-order valence-electron chi connectivity index (χ1n) is 8.51. The summed E-state index contributed by atoms with van der Waals surface area (Å²) in [5, 5.41) is 6.42. The average molecular weight is 401 g/mol. The first-order chi connectivity index (χ1) is 13.0. The lowest BCUT2D eigenvalue weighted by atomic mass is 9.89. The normalized spacial score (nSPS) is 17.3. The van der Waals surface area contributed by atoms with Crippen LogP contribution in [0.25, 0.3) is 0 Å². The van der Waals surface area contributed by atoms with Gasteiger partial charge in [0.2, 0.25) is 5.76 Å². The van der Waals surface area contributed by atoms with Crippen LogP contribution in [0.4, 0.5) is 4.79 Å². The van der Waals surface area contributed by atoms with Gasteiger partial charge in [-0.15, -0.1) is 0 Å². The molecule has 28 heavy (non-hydrogen) atoms. The molecule has 158 valence electrons. The molecular formula is C17H27N3O8. The molecule has 0 spiro atoms. The first kappa shape index (κ1) is 23.2. The van der Waals surface area contributed by atoms with Gasteiger partial charge in [-0.2, -0.15) is 0 Å². The van der Waals surface area contributed by atoms with Gasteiger partial charge in [-0.1, -0.05) is 5.16 Å². The Morgan fingerprint density at radius 3 is 2.25 bits per heavy atom. The Morgan fingerprint density at radius 1 is 1.14 bits per heavy atom. The summed E-state index contributed by atoms with van der Waals surface area (Å²) < 4.78 is 19.6. The number of carbonyl (C=O) groups excluding carboxylic acids is 3. The number of carbonyl (C=O) groups is 3. The predicted octanol–water partition coefficient (Wildman–Crippen LogP) is 0.579. The summed E-state index contributed by atoms with van der Waals surface area (Å²) in [5.74, 6) is -2.46. The molecule has 0 aliphatic carbocycles. The molecule has 3 N–H and O–H groups in total. The van der Waals surface area contributed by atoms with Gasteiger partial charge in [0.1, 0.15) is 11.1 Å². The van der Waals surface area contributed by atoms with Crippen LogP contribution < -0.4 is 11.1 Å². The van der Waals surface area contributed by atoms with Crippen LogP contribution in [0, 0.1) is 0 Å². The summed E-state index contributed by atoms with van der Waals surface area (Å²) in [5.41, 5.74) is 4.24. The van der Waals surface area contributed by atoms with E-state index in [1.54, 1.807) is 20.8 Å². The molecule has 0 aromatic heterocycles. The molecule has 0 radical (unpaired) electrons. The molecule has 0 atom stereocenters. The van der Waals surface area contributed by atoms with Gasteiger partial charge in [0, 0.05) is 26.1 Å². The van der Waals surface area contributed by atoms with Gasteiger partial charge >= 0.3 is 18.0 Å². The SMILES string of the molecule is COC(=O)/C=C(/O/N=C(\N)C1(NC(=O)OC(C)(C)C)CCOCC1)C(=O)OC. The Morgan fingerprint density at radius 2 is 1.75 bits per heavy atom. The summed E-state index contributed by atoms with van der Waals surface area (Å²) in [4.78, 5) is 40.3. The molecule has 0 bridgehead atoms. The maximum Gasteiger partial charge on any atom is 0.408 e. The van der Waals surface area contributed by atoms with Gasteiger partial charge in [0.15, 0.2) is 5.84 Å². The van der Waals surface area contributed by atoms with E-state index in [1.165, 1.54) is 0 Å². The third-order valence-corrected chi connectivity index (χ3v) is 3.66. The highest BCUT2D eigenvalue weighted by molar-refractivity contribution is 5.95. The number of rotatable bonds is 6. The highest BCUT2D eigenvalue weighted by Gasteiger charge is 2.40. The number of amides is 1. The van der Waals surface area contributed by atoms with Crippen LogP contribution in [0.15, 0.2) is 17.0 Å². The Bertz CT molecular complexity index is 645. The van der Waals surface area contributed by atoms with E-state index in [0.717, 1.165) is 20.3 Å². The number of nitrogens with zero attached hydrogens (tertiary/aromatic N) is 1. The fraction of sp³-hybridized carbons (Fsp3) is 0.647. The van der Waals surface area contributed by atoms with Gasteiger partial charge in [-0.25, -0.2) is 14.4 Å². The van der Waals surface area contributed by atoms with E-state index in [9.17, 15) is 14.4 Å². The van der Waals surface area contributed by atoms with Gasteiger partial charge < -0.3 is 34.8 Å². The quantitative estimate of drug-likeness (QED) is 0.124. The van der Waals surface area contributed by atoms with Crippen molar-refractivity contribution in [2.24, 2.45) is 10.9 Å². The third kappa shape index (κ3) is 7.06. The minimum Gasteiger partial charge on any atom is -0.466 e. The number of methoxy groups -OCH3 is 2. The number of oxime groups is 1. The minimum atomic E-state index is -1.10. The molecule has 0 unspecified atom stereocenters. The Hall–Kier alpha value is -2.82. The second kappa shape index (κ2) is 9.93. The number of ether oxygens (including phenoxy) is 4. The average Bonchev–Trinajstić information content (AvgIpc) is 2.62. The maximum atomic E-state index is 12.2. The largest absolute Gasteiger partial charge is 0.466 e. The fourth-order valence-electron chi connectivity index (χ4n) is 2.24. The summed E-state index contributed by atoms with van der Waals surface area (Å²) in [7, 11) is 2.24. The third-order valence-electron chi connectivity index (χ3n) is 3.66. The lowest BCUT2D eigenvalue weighted by Gasteiger charge is -2.37. The van der Waals surface area contributed by atoms with Gasteiger partial charge in [0.25, 0.3) is 0 Å². The van der Waals surface area contributed by atoms with E-state index in [4.69, 9.17) is 20.0 Å². The second-order valence-electron chi connectivity index (χ2n) is 6.91. The van der Waals surface area contributed by atoms with E-state index < -0.39 is 34.9 Å². The zero-order chi connectivity index (χ0) is 21.4. The van der Waals surface area contributed by atoms with Gasteiger partial charge in [0.05, 0.1) is 20.3 Å². The number of nitrogens with one attached hydrogen (secondary N) is 1. The monoisotopic (exact) mass is 401 g/mol. The molecule has 1 heterocycles. The Kier molecular flexibility index (Phi) is 8.23. The van der Waals surface area contributed by atoms with Crippen molar-refractivity contribution in [3.05, 3.63) is 11.8 Å². The number of nitrogens with two attached hydrogens (primary N) is 1. The second-order valence-corrected chi connectivity index (χ2v) is 6.91. The molecular weight excluding hydrogens is 374 g/mol. The summed E-state index contributed by atoms with van der Waals surface area (Å²) >= 11 is 0. The summed E-state index contributed by atoms with van der Waals surface area (Å²) in [6, 6.07) is 0. The number of amidine groups is 1. The highest BCUT2D eigenvalue weighted by atomic mass is 16.7. The minimum absolute atomic E-state index is 0.124. The van der Waals surface area contributed by atoms with Crippen LogP contribution in [-0.4, -0.2) is 62.4 Å². The van der Waals surface area contributed by atoms with E-state index in [2.05, 4.69) is 19.9 Å². The smallest absolute Gasteiger partial charge is 0.408 e. The van der Waals surface area contributed by atoms with Crippen molar-refractivity contribution in [3.63, 3.8) is 0 Å². The molecule has 11 heteroatoms. The van der Waals surface area contributed by atoms with Crippen molar-refractivity contribution in [1.82, 2.24) is 5.32 Å². The van der Waals surface area contributed by atoms with E-state index in [0.29, 0.717) is 26.1 Å². The lowest BCUT2D eigenvalue weighted by Crippen LogP contribution is -2.60. The van der Waals surface area contributed by atoms with Crippen molar-refractivity contribution >= 4 is 23.9 Å². The molecule has 1 rings (SSSR count). The first-order valence-corrected chi connectivity index (χ1v) is 8.51. The van der Waals surface area contributed by atoms with Crippen molar-refractivity contribution in [1.29, 1.82) is 0 Å². The van der Waals surface area contributed by atoms with Gasteiger partial charge in [-0.05, 0) is 20.8 Å². The number of alkyl carbamates (subject to hydrolysis) is 1. The number of hydrogen-bond donors (Lipinski definition) is 2. The molecule has 0 aromatic carbocycles. The highest BCUT2D eigenvalue weighted by Crippen LogP contribution is 2.22. The van der Waals surface area contributed by atoms with Gasteiger partial charge in [-0.3, -0.25) is 0 Å².